The summed E-state index contributed by atoms with van der Waals surface area (Å²) in [7, 11) is 1.25. The molecule has 7 heteroatoms. The molecule has 0 radical (unpaired) electrons. The Labute approximate surface area is 99.0 Å². The number of amides is 4. The van der Waals surface area contributed by atoms with Crippen molar-refractivity contribution in [2.24, 2.45) is 0 Å². The lowest BCUT2D eigenvalue weighted by atomic mass is 10.6. The van der Waals surface area contributed by atoms with Gasteiger partial charge in [-0.15, -0.1) is 0 Å². The third-order valence-electron chi connectivity index (χ3n) is 2.61. The van der Waals surface area contributed by atoms with Gasteiger partial charge in [-0.3, -0.25) is 5.41 Å². The van der Waals surface area contributed by atoms with E-state index in [1.54, 1.807) is 0 Å². The minimum Gasteiger partial charge on any atom is -0.468 e. The maximum Gasteiger partial charge on any atom is 0.334 e. The summed E-state index contributed by atoms with van der Waals surface area (Å²) < 4.78 is 4.65. The average Bonchev–Trinajstić information content (AvgIpc) is 3.13. The van der Waals surface area contributed by atoms with Crippen molar-refractivity contribution in [1.82, 2.24) is 15.5 Å². The van der Waals surface area contributed by atoms with Crippen LogP contribution >= 0.6 is 0 Å². The number of ether oxygens (including phenoxy) is 1. The lowest BCUT2D eigenvalue weighted by Crippen LogP contribution is -2.52. The molecule has 2 rings (SSSR count). The van der Waals surface area contributed by atoms with E-state index in [1.807, 2.05) is 0 Å². The van der Waals surface area contributed by atoms with E-state index in [0.29, 0.717) is 4.90 Å². The minimum atomic E-state index is -0.600. The first-order chi connectivity index (χ1) is 8.11. The van der Waals surface area contributed by atoms with Crippen molar-refractivity contribution in [2.45, 2.75) is 37.8 Å². The minimum absolute atomic E-state index is 0.128. The molecular weight excluding hydrogens is 224 g/mol. The number of imide groups is 1. The quantitative estimate of drug-likeness (QED) is 0.487. The first-order valence-electron chi connectivity index (χ1n) is 5.65. The lowest BCUT2D eigenvalue weighted by Gasteiger charge is -2.20. The Morgan fingerprint density at radius 3 is 1.82 bits per heavy atom. The second-order valence-electron chi connectivity index (χ2n) is 4.29. The highest BCUT2D eigenvalue weighted by atomic mass is 16.5. The third kappa shape index (κ3) is 3.08. The molecule has 94 valence electrons. The van der Waals surface area contributed by atoms with E-state index in [4.69, 9.17) is 5.41 Å². The zero-order valence-corrected chi connectivity index (χ0v) is 9.66. The highest BCUT2D eigenvalue weighted by molar-refractivity contribution is 6.08. The smallest absolute Gasteiger partial charge is 0.334 e. The predicted octanol–water partition coefficient (Wildman–Crippen LogP) is 0.614. The molecule has 0 aromatic rings. The molecule has 0 heterocycles. The number of carbonyl (C=O) groups excluding carboxylic acids is 2. The molecule has 0 saturated heterocycles. The zero-order valence-electron chi connectivity index (χ0n) is 9.66. The highest BCUT2D eigenvalue weighted by Gasteiger charge is 2.34. The molecule has 0 spiro atoms. The predicted molar refractivity (Wildman–Crippen MR) is 59.7 cm³/mol. The van der Waals surface area contributed by atoms with Crippen LogP contribution in [-0.2, 0) is 4.74 Å². The number of hydrogen-bond donors (Lipinski definition) is 3. The molecule has 0 bridgehead atoms. The van der Waals surface area contributed by atoms with E-state index < -0.39 is 18.1 Å². The summed E-state index contributed by atoms with van der Waals surface area (Å²) >= 11 is 0. The average molecular weight is 240 g/mol. The molecule has 7 nitrogen and oxygen atoms in total. The van der Waals surface area contributed by atoms with Crippen molar-refractivity contribution in [1.29, 1.82) is 5.41 Å². The van der Waals surface area contributed by atoms with Gasteiger partial charge in [-0.25, -0.2) is 9.59 Å². The van der Waals surface area contributed by atoms with Gasteiger partial charge in [-0.1, -0.05) is 0 Å². The van der Waals surface area contributed by atoms with Crippen molar-refractivity contribution < 1.29 is 14.3 Å². The summed E-state index contributed by atoms with van der Waals surface area (Å²) in [6.07, 6.45) is 3.68. The van der Waals surface area contributed by atoms with Gasteiger partial charge in [0.2, 0.25) is 0 Å². The molecular formula is C10H16N4O3. The number of nitrogens with one attached hydrogen (secondary N) is 3. The van der Waals surface area contributed by atoms with Gasteiger partial charge in [0.1, 0.15) is 0 Å². The lowest BCUT2D eigenvalue weighted by molar-refractivity contribution is 0.193. The summed E-state index contributed by atoms with van der Waals surface area (Å²) in [6, 6.07) is -1.41. The van der Waals surface area contributed by atoms with Crippen LogP contribution in [-0.4, -0.2) is 42.2 Å². The molecule has 17 heavy (non-hydrogen) atoms. The fourth-order valence-electron chi connectivity index (χ4n) is 1.30. The fraction of sp³-hybridized carbons (Fsp3) is 0.700. The van der Waals surface area contributed by atoms with Crippen LogP contribution in [0, 0.1) is 5.41 Å². The van der Waals surface area contributed by atoms with E-state index in [2.05, 4.69) is 15.4 Å². The van der Waals surface area contributed by atoms with Crippen molar-refractivity contribution in [3.05, 3.63) is 0 Å². The molecule has 0 unspecified atom stereocenters. The van der Waals surface area contributed by atoms with Crippen LogP contribution in [0.2, 0.25) is 0 Å². The summed E-state index contributed by atoms with van der Waals surface area (Å²) in [5, 5.41) is 12.8. The molecule has 2 aliphatic carbocycles. The summed E-state index contributed by atoms with van der Waals surface area (Å²) in [6.45, 7) is 0. The van der Waals surface area contributed by atoms with E-state index in [0.717, 1.165) is 25.7 Å². The first-order valence-corrected chi connectivity index (χ1v) is 5.65. The van der Waals surface area contributed by atoms with Gasteiger partial charge < -0.3 is 15.4 Å². The Bertz CT molecular complexity index is 323. The molecule has 2 fully saturated rings. The number of hydrogen-bond acceptors (Lipinski definition) is 4. The van der Waals surface area contributed by atoms with E-state index in [-0.39, 0.29) is 12.1 Å². The molecule has 2 aliphatic rings. The van der Waals surface area contributed by atoms with Gasteiger partial charge in [-0.05, 0) is 25.7 Å². The van der Waals surface area contributed by atoms with Crippen LogP contribution in [0.1, 0.15) is 25.7 Å². The fourth-order valence-corrected chi connectivity index (χ4v) is 1.30. The Hall–Kier alpha value is -1.79. The van der Waals surface area contributed by atoms with Crippen LogP contribution in [0.5, 0.6) is 0 Å². The maximum atomic E-state index is 11.8. The molecule has 0 atom stereocenters. The normalized spacial score (nSPS) is 18.2. The SMILES string of the molecule is COC(=N)N(C(=O)NC1CC1)C(=O)NC1CC1. The molecule has 0 aliphatic heterocycles. The topological polar surface area (TPSA) is 94.5 Å². The van der Waals surface area contributed by atoms with Gasteiger partial charge in [0.15, 0.2) is 0 Å². The van der Waals surface area contributed by atoms with Crippen molar-refractivity contribution in [3.63, 3.8) is 0 Å². The Morgan fingerprint density at radius 2 is 1.53 bits per heavy atom. The standard InChI is InChI=1S/C10H16N4O3/c1-17-8(11)14(9(15)12-6-2-3-6)10(16)13-7-4-5-7/h6-7,11H,2-5H2,1H3,(H,12,15)(H,13,16). The number of urea groups is 2. The number of amidine groups is 1. The van der Waals surface area contributed by atoms with E-state index >= 15 is 0 Å². The monoisotopic (exact) mass is 240 g/mol. The Kier molecular flexibility index (Phi) is 3.16. The van der Waals surface area contributed by atoms with Crippen LogP contribution in [0.4, 0.5) is 9.59 Å². The van der Waals surface area contributed by atoms with E-state index in [1.165, 1.54) is 7.11 Å². The second kappa shape index (κ2) is 4.60. The zero-order chi connectivity index (χ0) is 12.4. The van der Waals surface area contributed by atoms with E-state index in [9.17, 15) is 9.59 Å². The van der Waals surface area contributed by atoms with Gasteiger partial charge in [0.05, 0.1) is 7.11 Å². The van der Waals surface area contributed by atoms with Gasteiger partial charge in [0.25, 0.3) is 0 Å². The maximum absolute atomic E-state index is 11.8. The van der Waals surface area contributed by atoms with Crippen LogP contribution in [0.3, 0.4) is 0 Å². The number of rotatable bonds is 2. The van der Waals surface area contributed by atoms with Crippen LogP contribution in [0.25, 0.3) is 0 Å². The van der Waals surface area contributed by atoms with Crippen molar-refractivity contribution >= 4 is 18.1 Å². The first kappa shape index (κ1) is 11.7. The highest BCUT2D eigenvalue weighted by Crippen LogP contribution is 2.20. The largest absolute Gasteiger partial charge is 0.468 e. The van der Waals surface area contributed by atoms with Crippen molar-refractivity contribution in [3.8, 4) is 0 Å². The van der Waals surface area contributed by atoms with Crippen LogP contribution < -0.4 is 10.6 Å². The Balaban J connectivity index is 1.96. The number of nitrogens with zero attached hydrogens (tertiary/aromatic N) is 1. The summed E-state index contributed by atoms with van der Waals surface area (Å²) in [4.78, 5) is 24.2. The molecule has 2 saturated carbocycles. The van der Waals surface area contributed by atoms with Gasteiger partial charge >= 0.3 is 18.1 Å². The molecule has 0 aromatic carbocycles. The van der Waals surface area contributed by atoms with Crippen LogP contribution in [0.15, 0.2) is 0 Å². The molecule has 3 N–H and O–H groups in total. The van der Waals surface area contributed by atoms with Crippen molar-refractivity contribution in [2.75, 3.05) is 7.11 Å². The summed E-state index contributed by atoms with van der Waals surface area (Å²) in [5.41, 5.74) is 0. The third-order valence-corrected chi connectivity index (χ3v) is 2.61. The second-order valence-corrected chi connectivity index (χ2v) is 4.29. The molecule has 4 amide bonds. The Morgan fingerprint density at radius 1 is 1.12 bits per heavy atom. The van der Waals surface area contributed by atoms with Gasteiger partial charge in [0, 0.05) is 12.1 Å². The molecule has 0 aromatic heterocycles. The number of methoxy groups -OCH3 is 1. The van der Waals surface area contributed by atoms with Gasteiger partial charge in [-0.2, -0.15) is 4.90 Å². The summed E-state index contributed by atoms with van der Waals surface area (Å²) in [5.74, 6) is 0. The number of carbonyl (C=O) groups is 2.